The number of anilines is 1. The number of amides is 1. The lowest BCUT2D eigenvalue weighted by atomic mass is 9.95. The van der Waals surface area contributed by atoms with E-state index in [2.05, 4.69) is 10.0 Å². The summed E-state index contributed by atoms with van der Waals surface area (Å²) in [5.74, 6) is -0.414. The Morgan fingerprint density at radius 3 is 2.03 bits per heavy atom. The minimum absolute atomic E-state index is 0.0223. The second-order valence-electron chi connectivity index (χ2n) is 8.62. The molecule has 0 aliphatic heterocycles. The van der Waals surface area contributed by atoms with Crippen molar-refractivity contribution in [2.24, 2.45) is 0 Å². The Morgan fingerprint density at radius 1 is 0.818 bits per heavy atom. The van der Waals surface area contributed by atoms with Crippen LogP contribution in [-0.4, -0.2) is 45.7 Å². The van der Waals surface area contributed by atoms with Gasteiger partial charge in [0, 0.05) is 17.8 Å². The normalized spacial score (nSPS) is 17.7. The van der Waals surface area contributed by atoms with Crippen molar-refractivity contribution < 1.29 is 21.6 Å². The first-order valence-electron chi connectivity index (χ1n) is 11.2. The van der Waals surface area contributed by atoms with Crippen LogP contribution in [0.2, 0.25) is 0 Å². The van der Waals surface area contributed by atoms with Crippen LogP contribution in [0, 0.1) is 0 Å². The molecule has 2 saturated carbocycles. The van der Waals surface area contributed by atoms with E-state index in [1.807, 2.05) is 6.07 Å². The lowest BCUT2D eigenvalue weighted by Gasteiger charge is -2.33. The first kappa shape index (κ1) is 23.9. The lowest BCUT2D eigenvalue weighted by Crippen LogP contribution is -2.45. The van der Waals surface area contributed by atoms with Gasteiger partial charge >= 0.3 is 0 Å². The summed E-state index contributed by atoms with van der Waals surface area (Å²) in [6.07, 6.45) is 5.86. The first-order valence-corrected chi connectivity index (χ1v) is 14.2. The maximum atomic E-state index is 13.5. The van der Waals surface area contributed by atoms with Crippen LogP contribution < -0.4 is 10.0 Å². The van der Waals surface area contributed by atoms with Crippen LogP contribution in [0.1, 0.15) is 44.9 Å². The summed E-state index contributed by atoms with van der Waals surface area (Å²) < 4.78 is 55.8. The lowest BCUT2D eigenvalue weighted by molar-refractivity contribution is -0.116. The number of nitrogens with zero attached hydrogens (tertiary/aromatic N) is 1. The number of rotatable bonds is 9. The Hall–Kier alpha value is -2.27. The topological polar surface area (TPSA) is 113 Å². The summed E-state index contributed by atoms with van der Waals surface area (Å²) >= 11 is 0. The molecule has 1 amide bonds. The second kappa shape index (κ2) is 9.92. The van der Waals surface area contributed by atoms with E-state index >= 15 is 0 Å². The molecule has 2 aromatic carbocycles. The fourth-order valence-electron chi connectivity index (χ4n) is 4.06. The maximum Gasteiger partial charge on any atom is 0.243 e. The number of hydrogen-bond acceptors (Lipinski definition) is 5. The van der Waals surface area contributed by atoms with Gasteiger partial charge in [-0.2, -0.15) is 4.31 Å². The first-order chi connectivity index (χ1) is 15.8. The maximum absolute atomic E-state index is 13.5. The fourth-order valence-corrected chi connectivity index (χ4v) is 7.00. The molecule has 0 aromatic heterocycles. The molecule has 0 bridgehead atoms. The number of sulfonamides is 2. The molecule has 2 aromatic rings. The molecule has 10 heteroatoms. The summed E-state index contributed by atoms with van der Waals surface area (Å²) in [7, 11) is -7.68. The number of hydrogen-bond donors (Lipinski definition) is 2. The molecule has 0 saturated heterocycles. The number of benzene rings is 2. The van der Waals surface area contributed by atoms with Crippen molar-refractivity contribution in [3.8, 4) is 0 Å². The molecule has 0 heterocycles. The highest BCUT2D eigenvalue weighted by molar-refractivity contribution is 7.89. The minimum atomic E-state index is -4.00. The summed E-state index contributed by atoms with van der Waals surface area (Å²) in [5.41, 5.74) is 0.598. The van der Waals surface area contributed by atoms with Crippen molar-refractivity contribution >= 4 is 31.6 Å². The molecule has 8 nitrogen and oxygen atoms in total. The highest BCUT2D eigenvalue weighted by atomic mass is 32.2. The number of carbonyl (C=O) groups is 1. The number of para-hydroxylation sites is 1. The molecule has 0 spiro atoms. The van der Waals surface area contributed by atoms with Crippen LogP contribution in [0.4, 0.5) is 5.69 Å². The van der Waals surface area contributed by atoms with Gasteiger partial charge in [0.25, 0.3) is 0 Å². The van der Waals surface area contributed by atoms with E-state index in [0.29, 0.717) is 18.5 Å². The Labute approximate surface area is 195 Å². The highest BCUT2D eigenvalue weighted by Crippen LogP contribution is 2.29. The van der Waals surface area contributed by atoms with Gasteiger partial charge in [-0.05, 0) is 62.1 Å². The van der Waals surface area contributed by atoms with E-state index < -0.39 is 26.0 Å². The van der Waals surface area contributed by atoms with E-state index in [4.69, 9.17) is 0 Å². The predicted octanol–water partition coefficient (Wildman–Crippen LogP) is 3.09. The third-order valence-corrected chi connectivity index (χ3v) is 9.43. The molecular formula is C23H29N3O5S2. The van der Waals surface area contributed by atoms with Crippen LogP contribution >= 0.6 is 0 Å². The van der Waals surface area contributed by atoms with E-state index in [9.17, 15) is 21.6 Å². The standard InChI is InChI=1S/C23H29N3O5S2/c27-23(24-18-7-3-1-4-8-18)17-26(20-9-5-2-6-10-20)33(30,31)22-15-13-21(14-16-22)32(28,29)25-19-11-12-19/h1,3-4,7-8,13-16,19-20,25H,2,5-6,9-12,17H2,(H,24,27). The van der Waals surface area contributed by atoms with Crippen LogP contribution in [0.5, 0.6) is 0 Å². The van der Waals surface area contributed by atoms with Gasteiger partial charge in [-0.15, -0.1) is 0 Å². The zero-order chi connectivity index (χ0) is 23.5. The van der Waals surface area contributed by atoms with Crippen molar-refractivity contribution in [2.45, 2.75) is 66.8 Å². The van der Waals surface area contributed by atoms with Crippen molar-refractivity contribution in [3.63, 3.8) is 0 Å². The summed E-state index contributed by atoms with van der Waals surface area (Å²) in [6, 6.07) is 13.8. The van der Waals surface area contributed by atoms with Gasteiger partial charge in [-0.3, -0.25) is 4.79 Å². The molecule has 0 atom stereocenters. The van der Waals surface area contributed by atoms with Crippen molar-refractivity contribution in [2.75, 3.05) is 11.9 Å². The van der Waals surface area contributed by atoms with E-state index in [1.54, 1.807) is 24.3 Å². The molecule has 2 aliphatic rings. The molecule has 2 fully saturated rings. The van der Waals surface area contributed by atoms with Gasteiger partial charge in [0.2, 0.25) is 26.0 Å². The van der Waals surface area contributed by atoms with Gasteiger partial charge in [0.05, 0.1) is 16.3 Å². The van der Waals surface area contributed by atoms with Gasteiger partial charge in [-0.1, -0.05) is 37.5 Å². The monoisotopic (exact) mass is 491 g/mol. The van der Waals surface area contributed by atoms with Crippen molar-refractivity contribution in [1.29, 1.82) is 0 Å². The average Bonchev–Trinajstić information content (AvgIpc) is 3.62. The Morgan fingerprint density at radius 2 is 1.42 bits per heavy atom. The Kier molecular flexibility index (Phi) is 7.18. The molecule has 2 aliphatic carbocycles. The number of nitrogens with one attached hydrogen (secondary N) is 2. The largest absolute Gasteiger partial charge is 0.325 e. The van der Waals surface area contributed by atoms with Crippen LogP contribution in [0.15, 0.2) is 64.4 Å². The smallest absolute Gasteiger partial charge is 0.243 e. The molecule has 0 unspecified atom stereocenters. The fraction of sp³-hybridized carbons (Fsp3) is 0.435. The van der Waals surface area contributed by atoms with Crippen LogP contribution in [0.25, 0.3) is 0 Å². The second-order valence-corrected chi connectivity index (χ2v) is 12.2. The van der Waals surface area contributed by atoms with E-state index in [1.165, 1.54) is 28.6 Å². The Balaban J connectivity index is 1.56. The molecule has 178 valence electrons. The quantitative estimate of drug-likeness (QED) is 0.560. The van der Waals surface area contributed by atoms with Gasteiger partial charge in [0.1, 0.15) is 0 Å². The molecule has 0 radical (unpaired) electrons. The van der Waals surface area contributed by atoms with Gasteiger partial charge < -0.3 is 5.32 Å². The summed E-state index contributed by atoms with van der Waals surface area (Å²) in [4.78, 5) is 12.7. The van der Waals surface area contributed by atoms with Crippen LogP contribution in [0.3, 0.4) is 0 Å². The van der Waals surface area contributed by atoms with Gasteiger partial charge in [0.15, 0.2) is 0 Å². The van der Waals surface area contributed by atoms with Gasteiger partial charge in [-0.25, -0.2) is 21.6 Å². The van der Waals surface area contributed by atoms with E-state index in [0.717, 1.165) is 32.1 Å². The highest BCUT2D eigenvalue weighted by Gasteiger charge is 2.34. The predicted molar refractivity (Wildman–Crippen MR) is 126 cm³/mol. The minimum Gasteiger partial charge on any atom is -0.325 e. The Bertz CT molecular complexity index is 1170. The molecule has 4 rings (SSSR count). The molecule has 2 N–H and O–H groups in total. The molecule has 33 heavy (non-hydrogen) atoms. The summed E-state index contributed by atoms with van der Waals surface area (Å²) in [5, 5.41) is 2.76. The van der Waals surface area contributed by atoms with Crippen LogP contribution in [-0.2, 0) is 24.8 Å². The summed E-state index contributed by atoms with van der Waals surface area (Å²) in [6.45, 7) is -0.300. The molecular weight excluding hydrogens is 462 g/mol. The third-order valence-electron chi connectivity index (χ3n) is 5.98. The SMILES string of the molecule is O=C(CN(C1CCCCC1)S(=O)(=O)c1ccc(S(=O)(=O)NC2CC2)cc1)Nc1ccccc1. The van der Waals surface area contributed by atoms with Crippen molar-refractivity contribution in [1.82, 2.24) is 9.03 Å². The third kappa shape index (κ3) is 6.00. The average molecular weight is 492 g/mol. The zero-order valence-electron chi connectivity index (χ0n) is 18.3. The number of carbonyl (C=O) groups excluding carboxylic acids is 1. The van der Waals surface area contributed by atoms with E-state index in [-0.39, 0.29) is 28.4 Å². The zero-order valence-corrected chi connectivity index (χ0v) is 19.9. The van der Waals surface area contributed by atoms with Crippen molar-refractivity contribution in [3.05, 3.63) is 54.6 Å².